The van der Waals surface area contributed by atoms with Crippen LogP contribution in [-0.2, 0) is 0 Å². The number of rotatable bonds is 2. The van der Waals surface area contributed by atoms with Gasteiger partial charge in [-0.25, -0.2) is 4.39 Å². The lowest BCUT2D eigenvalue weighted by Gasteiger charge is -2.10. The number of nitrogen functional groups attached to an aromatic ring is 1. The predicted molar refractivity (Wildman–Crippen MR) is 66.8 cm³/mol. The second-order valence-corrected chi connectivity index (χ2v) is 4.05. The van der Waals surface area contributed by atoms with E-state index in [1.807, 2.05) is 19.1 Å². The first kappa shape index (κ1) is 11.5. The number of benzene rings is 2. The van der Waals surface area contributed by atoms with Crippen molar-refractivity contribution in [2.24, 2.45) is 0 Å². The molecule has 2 rings (SSSR count). The van der Waals surface area contributed by atoms with Crippen LogP contribution in [0.5, 0.6) is 11.5 Å². The van der Waals surface area contributed by atoms with Gasteiger partial charge < -0.3 is 10.5 Å². The number of ether oxygens (including phenoxy) is 1. The highest BCUT2D eigenvalue weighted by molar-refractivity contribution is 5.55. The summed E-state index contributed by atoms with van der Waals surface area (Å²) in [5, 5.41) is 0. The summed E-state index contributed by atoms with van der Waals surface area (Å²) in [5.74, 6) is 0.937. The van der Waals surface area contributed by atoms with Crippen LogP contribution in [0, 0.1) is 19.7 Å². The zero-order valence-electron chi connectivity index (χ0n) is 9.83. The van der Waals surface area contributed by atoms with Crippen molar-refractivity contribution in [1.29, 1.82) is 0 Å². The van der Waals surface area contributed by atoms with E-state index >= 15 is 0 Å². The minimum Gasteiger partial charge on any atom is -0.455 e. The van der Waals surface area contributed by atoms with Gasteiger partial charge in [-0.1, -0.05) is 6.07 Å². The molecule has 0 spiro atoms. The van der Waals surface area contributed by atoms with Crippen molar-refractivity contribution in [2.45, 2.75) is 13.8 Å². The molecule has 0 bridgehead atoms. The molecule has 2 aromatic rings. The molecule has 2 aromatic carbocycles. The minimum atomic E-state index is -0.241. The summed E-state index contributed by atoms with van der Waals surface area (Å²) in [5.41, 5.74) is 7.99. The molecule has 3 heteroatoms. The van der Waals surface area contributed by atoms with E-state index in [2.05, 4.69) is 0 Å². The van der Waals surface area contributed by atoms with Gasteiger partial charge in [0.15, 0.2) is 5.75 Å². The average Bonchev–Trinajstić information content (AvgIpc) is 2.29. The van der Waals surface area contributed by atoms with Gasteiger partial charge in [0.2, 0.25) is 0 Å². The number of hydrogen-bond donors (Lipinski definition) is 1. The molecular formula is C14H14FNO. The molecule has 0 saturated heterocycles. The van der Waals surface area contributed by atoms with Gasteiger partial charge in [-0.05, 0) is 55.3 Å². The summed E-state index contributed by atoms with van der Waals surface area (Å²) in [6.07, 6.45) is 0. The first-order valence-electron chi connectivity index (χ1n) is 5.36. The third kappa shape index (κ3) is 2.56. The van der Waals surface area contributed by atoms with Crippen LogP contribution in [0.4, 0.5) is 10.1 Å². The van der Waals surface area contributed by atoms with Crippen LogP contribution in [0.3, 0.4) is 0 Å². The normalized spacial score (nSPS) is 10.3. The summed E-state index contributed by atoms with van der Waals surface area (Å²) in [4.78, 5) is 0. The van der Waals surface area contributed by atoms with Crippen molar-refractivity contribution in [1.82, 2.24) is 0 Å². The van der Waals surface area contributed by atoms with E-state index in [0.29, 0.717) is 22.7 Å². The molecule has 17 heavy (non-hydrogen) atoms. The average molecular weight is 231 g/mol. The maximum absolute atomic E-state index is 13.1. The number of anilines is 1. The van der Waals surface area contributed by atoms with Crippen LogP contribution in [0.15, 0.2) is 36.4 Å². The van der Waals surface area contributed by atoms with Gasteiger partial charge in [-0.15, -0.1) is 0 Å². The molecule has 0 unspecified atom stereocenters. The molecule has 0 aliphatic carbocycles. The van der Waals surface area contributed by atoms with Crippen molar-refractivity contribution in [3.63, 3.8) is 0 Å². The second-order valence-electron chi connectivity index (χ2n) is 4.05. The van der Waals surface area contributed by atoms with Gasteiger partial charge in [0.05, 0.1) is 5.69 Å². The predicted octanol–water partition coefficient (Wildman–Crippen LogP) is 3.82. The summed E-state index contributed by atoms with van der Waals surface area (Å²) < 4.78 is 18.7. The molecule has 88 valence electrons. The van der Waals surface area contributed by atoms with E-state index in [9.17, 15) is 4.39 Å². The molecule has 0 aliphatic rings. The Morgan fingerprint density at radius 1 is 1.06 bits per heavy atom. The topological polar surface area (TPSA) is 35.2 Å². The van der Waals surface area contributed by atoms with Crippen molar-refractivity contribution in [2.75, 3.05) is 5.73 Å². The highest BCUT2D eigenvalue weighted by Gasteiger charge is 2.04. The standard InChI is InChI=1S/C14H14FNO/c1-9-3-6-13(16)14(7-9)17-11-4-5-12(15)10(2)8-11/h3-8H,16H2,1-2H3. The Balaban J connectivity index is 2.31. The van der Waals surface area contributed by atoms with Gasteiger partial charge >= 0.3 is 0 Å². The smallest absolute Gasteiger partial charge is 0.150 e. The number of aryl methyl sites for hydroxylation is 2. The monoisotopic (exact) mass is 231 g/mol. The Morgan fingerprint density at radius 3 is 2.53 bits per heavy atom. The van der Waals surface area contributed by atoms with Gasteiger partial charge in [-0.2, -0.15) is 0 Å². The molecule has 2 N–H and O–H groups in total. The molecule has 0 aromatic heterocycles. The molecule has 0 radical (unpaired) electrons. The van der Waals surface area contributed by atoms with E-state index in [0.717, 1.165) is 5.56 Å². The molecule has 0 amide bonds. The first-order chi connectivity index (χ1) is 8.06. The van der Waals surface area contributed by atoms with Crippen LogP contribution in [-0.4, -0.2) is 0 Å². The highest BCUT2D eigenvalue weighted by Crippen LogP contribution is 2.29. The quantitative estimate of drug-likeness (QED) is 0.797. The van der Waals surface area contributed by atoms with E-state index in [1.165, 1.54) is 6.07 Å². The Kier molecular flexibility index (Phi) is 3.00. The zero-order chi connectivity index (χ0) is 12.4. The van der Waals surface area contributed by atoms with Gasteiger partial charge in [0.25, 0.3) is 0 Å². The van der Waals surface area contributed by atoms with Crippen LogP contribution in [0.2, 0.25) is 0 Å². The third-order valence-corrected chi connectivity index (χ3v) is 2.53. The molecule has 0 atom stereocenters. The molecule has 0 saturated carbocycles. The van der Waals surface area contributed by atoms with Crippen LogP contribution < -0.4 is 10.5 Å². The lowest BCUT2D eigenvalue weighted by Crippen LogP contribution is -1.93. The first-order valence-corrected chi connectivity index (χ1v) is 5.36. The van der Waals surface area contributed by atoms with Crippen molar-refractivity contribution in [3.8, 4) is 11.5 Å². The molecule has 0 fully saturated rings. The summed E-state index contributed by atoms with van der Waals surface area (Å²) >= 11 is 0. The minimum absolute atomic E-state index is 0.241. The van der Waals surface area contributed by atoms with E-state index < -0.39 is 0 Å². The van der Waals surface area contributed by atoms with Crippen molar-refractivity contribution >= 4 is 5.69 Å². The summed E-state index contributed by atoms with van der Waals surface area (Å²) in [6, 6.07) is 10.2. The number of nitrogens with two attached hydrogens (primary N) is 1. The van der Waals surface area contributed by atoms with E-state index in [1.54, 1.807) is 25.1 Å². The van der Waals surface area contributed by atoms with Crippen molar-refractivity contribution in [3.05, 3.63) is 53.3 Å². The Morgan fingerprint density at radius 2 is 1.82 bits per heavy atom. The fourth-order valence-electron chi connectivity index (χ4n) is 1.54. The number of halogens is 1. The SMILES string of the molecule is Cc1ccc(N)c(Oc2ccc(F)c(C)c2)c1. The second kappa shape index (κ2) is 4.45. The van der Waals surface area contributed by atoms with Gasteiger partial charge in [-0.3, -0.25) is 0 Å². The number of hydrogen-bond acceptors (Lipinski definition) is 2. The summed E-state index contributed by atoms with van der Waals surface area (Å²) in [7, 11) is 0. The largest absolute Gasteiger partial charge is 0.455 e. The van der Waals surface area contributed by atoms with E-state index in [4.69, 9.17) is 10.5 Å². The van der Waals surface area contributed by atoms with Gasteiger partial charge in [0, 0.05) is 0 Å². The highest BCUT2D eigenvalue weighted by atomic mass is 19.1. The van der Waals surface area contributed by atoms with Crippen molar-refractivity contribution < 1.29 is 9.13 Å². The fraction of sp³-hybridized carbons (Fsp3) is 0.143. The molecule has 0 heterocycles. The molecule has 0 aliphatic heterocycles. The maximum Gasteiger partial charge on any atom is 0.150 e. The fourth-order valence-corrected chi connectivity index (χ4v) is 1.54. The van der Waals surface area contributed by atoms with Gasteiger partial charge in [0.1, 0.15) is 11.6 Å². The molecule has 2 nitrogen and oxygen atoms in total. The Hall–Kier alpha value is -2.03. The Bertz CT molecular complexity index is 552. The lowest BCUT2D eigenvalue weighted by molar-refractivity contribution is 0.481. The van der Waals surface area contributed by atoms with Crippen LogP contribution >= 0.6 is 0 Å². The van der Waals surface area contributed by atoms with Crippen LogP contribution in [0.1, 0.15) is 11.1 Å². The lowest BCUT2D eigenvalue weighted by atomic mass is 10.2. The van der Waals surface area contributed by atoms with Crippen LogP contribution in [0.25, 0.3) is 0 Å². The Labute approximate surface area is 99.8 Å². The van der Waals surface area contributed by atoms with E-state index in [-0.39, 0.29) is 5.82 Å². The third-order valence-electron chi connectivity index (χ3n) is 2.53. The zero-order valence-corrected chi connectivity index (χ0v) is 9.83. The maximum atomic E-state index is 13.1. The summed E-state index contributed by atoms with van der Waals surface area (Å²) in [6.45, 7) is 3.66. The molecular weight excluding hydrogens is 217 g/mol.